The summed E-state index contributed by atoms with van der Waals surface area (Å²) in [6, 6.07) is 7.64. The third kappa shape index (κ3) is 6.76. The van der Waals surface area contributed by atoms with Crippen LogP contribution < -0.4 is 15.4 Å². The normalized spacial score (nSPS) is 15.2. The second kappa shape index (κ2) is 12.4. The number of hydrogen-bond donors (Lipinski definition) is 2. The van der Waals surface area contributed by atoms with Gasteiger partial charge in [0.05, 0.1) is 29.4 Å². The van der Waals surface area contributed by atoms with Gasteiger partial charge in [0.25, 0.3) is 0 Å². The summed E-state index contributed by atoms with van der Waals surface area (Å²) in [6.07, 6.45) is 2.07. The Morgan fingerprint density at radius 3 is 2.73 bits per heavy atom. The summed E-state index contributed by atoms with van der Waals surface area (Å²) in [5, 5.41) is 6.81. The van der Waals surface area contributed by atoms with E-state index in [1.807, 2.05) is 0 Å². The van der Waals surface area contributed by atoms with E-state index in [9.17, 15) is 9.18 Å². The van der Waals surface area contributed by atoms with Gasteiger partial charge in [0.2, 0.25) is 0 Å². The molecule has 1 aromatic heterocycles. The van der Waals surface area contributed by atoms with Crippen molar-refractivity contribution in [3.05, 3.63) is 47.5 Å². The van der Waals surface area contributed by atoms with Gasteiger partial charge in [-0.15, -0.1) is 0 Å². The Bertz CT molecular complexity index is 1240. The van der Waals surface area contributed by atoms with Crippen LogP contribution in [0, 0.1) is 5.82 Å². The average molecular weight is 531 g/mol. The molecule has 0 bridgehead atoms. The van der Waals surface area contributed by atoms with Crippen LogP contribution in [0.25, 0.3) is 10.9 Å². The van der Waals surface area contributed by atoms with Gasteiger partial charge in [0.15, 0.2) is 0 Å². The van der Waals surface area contributed by atoms with Gasteiger partial charge < -0.3 is 29.9 Å². The fourth-order valence-electron chi connectivity index (χ4n) is 4.02. The number of fused-ring (bicyclic) bond motifs is 1. The van der Waals surface area contributed by atoms with E-state index in [4.69, 9.17) is 21.1 Å². The first-order chi connectivity index (χ1) is 17.9. The average Bonchev–Trinajstić information content (AvgIpc) is 3.40. The topological polar surface area (TPSA) is 91.9 Å². The monoisotopic (exact) mass is 530 g/mol. The predicted molar refractivity (Wildman–Crippen MR) is 144 cm³/mol. The minimum absolute atomic E-state index is 0.00136. The van der Waals surface area contributed by atoms with E-state index in [2.05, 4.69) is 39.3 Å². The molecule has 1 fully saturated rings. The molecular weight excluding hydrogens is 499 g/mol. The highest BCUT2D eigenvalue weighted by Gasteiger charge is 2.22. The molecule has 37 heavy (non-hydrogen) atoms. The highest BCUT2D eigenvalue weighted by atomic mass is 35.5. The Morgan fingerprint density at radius 1 is 1.22 bits per heavy atom. The first kappa shape index (κ1) is 26.8. The smallest absolute Gasteiger partial charge is 0.321 e. The fourth-order valence-corrected chi connectivity index (χ4v) is 4.20. The summed E-state index contributed by atoms with van der Waals surface area (Å²) in [4.78, 5) is 25.7. The van der Waals surface area contributed by atoms with E-state index >= 15 is 0 Å². The van der Waals surface area contributed by atoms with Crippen LogP contribution in [0.15, 0.2) is 36.7 Å². The molecule has 0 aliphatic carbocycles. The Balaban J connectivity index is 1.63. The number of nitrogens with zero attached hydrogens (tertiary/aromatic N) is 4. The maximum absolute atomic E-state index is 13.6. The zero-order chi connectivity index (χ0) is 26.4. The summed E-state index contributed by atoms with van der Waals surface area (Å²) < 4.78 is 25.3. The van der Waals surface area contributed by atoms with E-state index in [0.717, 1.165) is 26.1 Å². The van der Waals surface area contributed by atoms with Crippen LogP contribution in [-0.2, 0) is 4.74 Å². The SMILES string of the molecule is CCN(CC)CCN(C)C(=O)Nc1cc2c(Nc3ccc(F)c(Cl)c3)ncnc2cc1O[C@H]1CCOC1. The van der Waals surface area contributed by atoms with Crippen molar-refractivity contribution < 1.29 is 18.7 Å². The number of benzene rings is 2. The Labute approximate surface area is 220 Å². The molecule has 2 heterocycles. The van der Waals surface area contributed by atoms with Crippen LogP contribution in [0.3, 0.4) is 0 Å². The lowest BCUT2D eigenvalue weighted by atomic mass is 10.1. The number of anilines is 3. The molecule has 3 aromatic rings. The molecule has 1 aliphatic rings. The number of amides is 2. The van der Waals surface area contributed by atoms with Crippen LogP contribution >= 0.6 is 11.6 Å². The first-order valence-corrected chi connectivity index (χ1v) is 12.8. The number of rotatable bonds is 10. The van der Waals surface area contributed by atoms with E-state index in [-0.39, 0.29) is 17.2 Å². The van der Waals surface area contributed by atoms with Crippen LogP contribution in [0.2, 0.25) is 5.02 Å². The standard InChI is InChI=1S/C26H32ClFN6O3/c1-4-34(5-2)10-9-33(3)26(35)32-23-13-19-22(14-24(23)37-18-8-11-36-15-18)29-16-30-25(19)31-17-6-7-21(28)20(27)12-17/h6-7,12-14,16,18H,4-5,8-11,15H2,1-3H3,(H,32,35)(H,29,30,31)/t18-/m0/s1. The van der Waals surface area contributed by atoms with E-state index in [1.165, 1.54) is 18.5 Å². The summed E-state index contributed by atoms with van der Waals surface area (Å²) in [5.74, 6) is 0.476. The molecular formula is C26H32ClFN6O3. The van der Waals surface area contributed by atoms with Gasteiger partial charge in [-0.3, -0.25) is 0 Å². The first-order valence-electron chi connectivity index (χ1n) is 12.4. The van der Waals surface area contributed by atoms with Crippen molar-refractivity contribution in [2.45, 2.75) is 26.4 Å². The second-order valence-corrected chi connectivity index (χ2v) is 9.23. The number of nitrogens with one attached hydrogen (secondary N) is 2. The number of carbonyl (C=O) groups is 1. The molecule has 4 rings (SSSR count). The van der Waals surface area contributed by atoms with E-state index in [1.54, 1.807) is 30.1 Å². The minimum Gasteiger partial charge on any atom is -0.486 e. The van der Waals surface area contributed by atoms with Crippen molar-refractivity contribution in [3.8, 4) is 5.75 Å². The van der Waals surface area contributed by atoms with Gasteiger partial charge in [-0.1, -0.05) is 25.4 Å². The van der Waals surface area contributed by atoms with Gasteiger partial charge in [-0.05, 0) is 37.4 Å². The van der Waals surface area contributed by atoms with Crippen LogP contribution in [-0.4, -0.2) is 78.3 Å². The van der Waals surface area contributed by atoms with Gasteiger partial charge >= 0.3 is 6.03 Å². The molecule has 9 nitrogen and oxygen atoms in total. The van der Waals surface area contributed by atoms with Crippen molar-refractivity contribution >= 4 is 45.7 Å². The Morgan fingerprint density at radius 2 is 2.03 bits per heavy atom. The number of carbonyl (C=O) groups excluding carboxylic acids is 1. The molecule has 0 saturated carbocycles. The molecule has 1 saturated heterocycles. The summed E-state index contributed by atoms with van der Waals surface area (Å²) >= 11 is 5.95. The highest BCUT2D eigenvalue weighted by molar-refractivity contribution is 6.31. The molecule has 198 valence electrons. The van der Waals surface area contributed by atoms with E-state index < -0.39 is 5.82 Å². The Kier molecular flexibility index (Phi) is 8.96. The predicted octanol–water partition coefficient (Wildman–Crippen LogP) is 5.14. The van der Waals surface area contributed by atoms with Gasteiger partial charge in [0.1, 0.15) is 29.8 Å². The minimum atomic E-state index is -0.507. The van der Waals surface area contributed by atoms with Gasteiger partial charge in [-0.25, -0.2) is 19.2 Å². The molecule has 0 unspecified atom stereocenters. The zero-order valence-electron chi connectivity index (χ0n) is 21.3. The summed E-state index contributed by atoms with van der Waals surface area (Å²) in [6.45, 7) is 8.52. The molecule has 2 N–H and O–H groups in total. The molecule has 2 amide bonds. The Hall–Kier alpha value is -3.21. The van der Waals surface area contributed by atoms with Crippen LogP contribution in [0.1, 0.15) is 20.3 Å². The van der Waals surface area contributed by atoms with Crippen LogP contribution in [0.4, 0.5) is 26.4 Å². The van der Waals surface area contributed by atoms with Crippen molar-refractivity contribution in [2.75, 3.05) is 57.1 Å². The molecule has 0 radical (unpaired) electrons. The maximum Gasteiger partial charge on any atom is 0.321 e. The number of hydrogen-bond acceptors (Lipinski definition) is 7. The van der Waals surface area contributed by atoms with Crippen molar-refractivity contribution in [1.29, 1.82) is 0 Å². The number of aromatic nitrogens is 2. The lowest BCUT2D eigenvalue weighted by Gasteiger charge is -2.24. The van der Waals surface area contributed by atoms with Crippen molar-refractivity contribution in [3.63, 3.8) is 0 Å². The number of ether oxygens (including phenoxy) is 2. The summed E-state index contributed by atoms with van der Waals surface area (Å²) in [5.41, 5.74) is 1.68. The number of halogens is 2. The van der Waals surface area contributed by atoms with Gasteiger partial charge in [0, 0.05) is 43.7 Å². The quantitative estimate of drug-likeness (QED) is 0.375. The molecule has 0 spiro atoms. The molecule has 1 aliphatic heterocycles. The molecule has 11 heteroatoms. The fraction of sp³-hybridized carbons (Fsp3) is 0.423. The van der Waals surface area contributed by atoms with Crippen molar-refractivity contribution in [1.82, 2.24) is 19.8 Å². The maximum atomic E-state index is 13.6. The van der Waals surface area contributed by atoms with Gasteiger partial charge in [-0.2, -0.15) is 0 Å². The summed E-state index contributed by atoms with van der Waals surface area (Å²) in [7, 11) is 1.76. The second-order valence-electron chi connectivity index (χ2n) is 8.82. The highest BCUT2D eigenvalue weighted by Crippen LogP contribution is 2.35. The molecule has 2 aromatic carbocycles. The van der Waals surface area contributed by atoms with Crippen molar-refractivity contribution in [2.24, 2.45) is 0 Å². The van der Waals surface area contributed by atoms with Crippen LogP contribution in [0.5, 0.6) is 5.75 Å². The third-order valence-electron chi connectivity index (χ3n) is 6.33. The third-order valence-corrected chi connectivity index (χ3v) is 6.62. The number of urea groups is 1. The lowest BCUT2D eigenvalue weighted by molar-refractivity contribution is 0.142. The molecule has 1 atom stereocenters. The number of likely N-dealkylation sites (N-methyl/N-ethyl adjacent to an activating group) is 2. The lowest BCUT2D eigenvalue weighted by Crippen LogP contribution is -2.38. The van der Waals surface area contributed by atoms with E-state index in [0.29, 0.717) is 53.6 Å². The largest absolute Gasteiger partial charge is 0.486 e. The zero-order valence-corrected chi connectivity index (χ0v) is 22.0.